The Labute approximate surface area is 108 Å². The van der Waals surface area contributed by atoms with Crippen molar-refractivity contribution in [2.75, 3.05) is 6.54 Å². The third-order valence-corrected chi connectivity index (χ3v) is 3.93. The van der Waals surface area contributed by atoms with E-state index in [2.05, 4.69) is 4.98 Å². The van der Waals surface area contributed by atoms with Crippen LogP contribution in [-0.2, 0) is 14.8 Å². The number of carboxylic acid groups (broad SMARTS) is 1. The number of aliphatic hydroxyl groups is 1. The number of sulfonamides is 1. The highest BCUT2D eigenvalue weighted by Crippen LogP contribution is 2.17. The van der Waals surface area contributed by atoms with Gasteiger partial charge in [0.1, 0.15) is 10.0 Å². The highest BCUT2D eigenvalue weighted by molar-refractivity contribution is 7.89. The van der Waals surface area contributed by atoms with E-state index in [0.29, 0.717) is 0 Å². The molecule has 0 amide bonds. The van der Waals surface area contributed by atoms with Crippen molar-refractivity contribution in [1.82, 2.24) is 9.71 Å². The van der Waals surface area contributed by atoms with E-state index in [1.807, 2.05) is 4.72 Å². The predicted octanol–water partition coefficient (Wildman–Crippen LogP) is -0.151. The number of hydrogen-bond donors (Lipinski definition) is 3. The number of hydrogen-bond acceptors (Lipinski definition) is 5. The van der Waals surface area contributed by atoms with Gasteiger partial charge in [0.05, 0.1) is 6.54 Å². The minimum Gasteiger partial charge on any atom is -0.479 e. The Kier molecular flexibility index (Phi) is 4.28. The summed E-state index contributed by atoms with van der Waals surface area (Å²) in [4.78, 5) is 13.9. The van der Waals surface area contributed by atoms with Gasteiger partial charge in [-0.2, -0.15) is 0 Å². The van der Waals surface area contributed by atoms with Gasteiger partial charge in [-0.3, -0.25) is 0 Å². The van der Waals surface area contributed by atoms with E-state index in [1.165, 1.54) is 18.3 Å². The fourth-order valence-corrected chi connectivity index (χ4v) is 2.54. The van der Waals surface area contributed by atoms with Gasteiger partial charge in [0, 0.05) is 6.20 Å². The van der Waals surface area contributed by atoms with Gasteiger partial charge in [-0.05, 0) is 19.1 Å². The average Bonchev–Trinajstić information content (AvgIpc) is 2.27. The summed E-state index contributed by atoms with van der Waals surface area (Å²) in [6.45, 7) is 0.290. The van der Waals surface area contributed by atoms with Gasteiger partial charge in [0.25, 0.3) is 0 Å². The van der Waals surface area contributed by atoms with Crippen LogP contribution in [0, 0.1) is 0 Å². The SMILES string of the molecule is CC(O)(CNS(=O)(=O)c1cccnc1Cl)C(=O)O. The predicted molar refractivity (Wildman–Crippen MR) is 62.7 cm³/mol. The van der Waals surface area contributed by atoms with Crippen molar-refractivity contribution < 1.29 is 23.4 Å². The first-order valence-corrected chi connectivity index (χ1v) is 6.59. The quantitative estimate of drug-likeness (QED) is 0.650. The van der Waals surface area contributed by atoms with Crippen LogP contribution in [-0.4, -0.2) is 41.7 Å². The monoisotopic (exact) mass is 294 g/mol. The molecule has 7 nitrogen and oxygen atoms in total. The molecular weight excluding hydrogens is 284 g/mol. The number of halogens is 1. The second kappa shape index (κ2) is 5.19. The lowest BCUT2D eigenvalue weighted by Crippen LogP contribution is -2.46. The molecule has 1 rings (SSSR count). The molecule has 0 spiro atoms. The summed E-state index contributed by atoms with van der Waals surface area (Å²) in [5.74, 6) is -1.54. The minimum absolute atomic E-state index is 0.236. The van der Waals surface area contributed by atoms with Crippen LogP contribution in [0.2, 0.25) is 5.15 Å². The fraction of sp³-hybridized carbons (Fsp3) is 0.333. The summed E-state index contributed by atoms with van der Waals surface area (Å²) in [5.41, 5.74) is -2.21. The number of carboxylic acids is 1. The second-order valence-corrected chi connectivity index (χ2v) is 5.79. The summed E-state index contributed by atoms with van der Waals surface area (Å²) in [7, 11) is -4.03. The third kappa shape index (κ3) is 3.39. The van der Waals surface area contributed by atoms with E-state index in [1.54, 1.807) is 0 Å². The molecule has 0 aromatic carbocycles. The van der Waals surface area contributed by atoms with Gasteiger partial charge in [-0.1, -0.05) is 11.6 Å². The molecule has 1 unspecified atom stereocenters. The first-order valence-electron chi connectivity index (χ1n) is 4.73. The Balaban J connectivity index is 2.92. The van der Waals surface area contributed by atoms with E-state index in [9.17, 15) is 18.3 Å². The van der Waals surface area contributed by atoms with E-state index in [4.69, 9.17) is 16.7 Å². The molecule has 0 bridgehead atoms. The van der Waals surface area contributed by atoms with E-state index in [0.717, 1.165) is 6.92 Å². The first kappa shape index (κ1) is 14.8. The number of nitrogens with one attached hydrogen (secondary N) is 1. The van der Waals surface area contributed by atoms with Crippen LogP contribution in [0.5, 0.6) is 0 Å². The average molecular weight is 295 g/mol. The minimum atomic E-state index is -4.03. The topological polar surface area (TPSA) is 117 Å². The van der Waals surface area contributed by atoms with Crippen LogP contribution in [0.15, 0.2) is 23.2 Å². The summed E-state index contributed by atoms with van der Waals surface area (Å²) in [5, 5.41) is 17.8. The molecule has 0 saturated heterocycles. The van der Waals surface area contributed by atoms with E-state index in [-0.39, 0.29) is 10.0 Å². The van der Waals surface area contributed by atoms with E-state index < -0.39 is 28.1 Å². The number of carbonyl (C=O) groups is 1. The van der Waals surface area contributed by atoms with E-state index >= 15 is 0 Å². The lowest BCUT2D eigenvalue weighted by molar-refractivity contribution is -0.155. The molecule has 1 heterocycles. The maximum Gasteiger partial charge on any atom is 0.336 e. The van der Waals surface area contributed by atoms with Gasteiger partial charge < -0.3 is 10.2 Å². The van der Waals surface area contributed by atoms with Crippen LogP contribution < -0.4 is 4.72 Å². The number of nitrogens with zero attached hydrogens (tertiary/aromatic N) is 1. The molecule has 100 valence electrons. The Hall–Kier alpha value is -1.22. The molecule has 0 aliphatic carbocycles. The molecule has 1 aromatic heterocycles. The van der Waals surface area contributed by atoms with Crippen LogP contribution in [0.25, 0.3) is 0 Å². The molecule has 18 heavy (non-hydrogen) atoms. The third-order valence-electron chi connectivity index (χ3n) is 2.08. The van der Waals surface area contributed by atoms with Crippen molar-refractivity contribution in [3.63, 3.8) is 0 Å². The Morgan fingerprint density at radius 3 is 2.72 bits per heavy atom. The molecule has 1 atom stereocenters. The number of pyridine rings is 1. The normalized spacial score (nSPS) is 15.1. The molecule has 0 fully saturated rings. The molecule has 0 saturated carbocycles. The van der Waals surface area contributed by atoms with Crippen molar-refractivity contribution in [3.05, 3.63) is 23.5 Å². The maximum atomic E-state index is 11.8. The van der Waals surface area contributed by atoms with Crippen molar-refractivity contribution in [1.29, 1.82) is 0 Å². The van der Waals surface area contributed by atoms with Gasteiger partial charge >= 0.3 is 5.97 Å². The van der Waals surface area contributed by atoms with Crippen LogP contribution in [0.3, 0.4) is 0 Å². The molecule has 0 radical (unpaired) electrons. The zero-order valence-corrected chi connectivity index (χ0v) is 10.9. The van der Waals surface area contributed by atoms with Crippen molar-refractivity contribution in [2.24, 2.45) is 0 Å². The largest absolute Gasteiger partial charge is 0.479 e. The molecular formula is C9H11ClN2O5S. The first-order chi connectivity index (χ1) is 8.17. The smallest absolute Gasteiger partial charge is 0.336 e. The number of aliphatic carboxylic acids is 1. The second-order valence-electron chi connectivity index (χ2n) is 3.70. The van der Waals surface area contributed by atoms with Crippen LogP contribution >= 0.6 is 11.6 Å². The number of aromatic nitrogens is 1. The molecule has 9 heteroatoms. The van der Waals surface area contributed by atoms with Crippen molar-refractivity contribution >= 4 is 27.6 Å². The summed E-state index contributed by atoms with van der Waals surface area (Å²) in [6, 6.07) is 2.59. The van der Waals surface area contributed by atoms with Crippen molar-refractivity contribution in [3.8, 4) is 0 Å². The number of rotatable bonds is 5. The highest BCUT2D eigenvalue weighted by Gasteiger charge is 2.32. The summed E-state index contributed by atoms with van der Waals surface area (Å²) >= 11 is 5.61. The summed E-state index contributed by atoms with van der Waals surface area (Å²) < 4.78 is 25.5. The highest BCUT2D eigenvalue weighted by atomic mass is 35.5. The van der Waals surface area contributed by atoms with Gasteiger partial charge in [-0.15, -0.1) is 0 Å². The Morgan fingerprint density at radius 1 is 1.61 bits per heavy atom. The fourth-order valence-electron chi connectivity index (χ4n) is 0.961. The summed E-state index contributed by atoms with van der Waals surface area (Å²) in [6.07, 6.45) is 1.31. The van der Waals surface area contributed by atoms with Gasteiger partial charge in [0.15, 0.2) is 5.60 Å². The Morgan fingerprint density at radius 2 is 2.22 bits per heavy atom. The van der Waals surface area contributed by atoms with Crippen molar-refractivity contribution in [2.45, 2.75) is 17.4 Å². The lowest BCUT2D eigenvalue weighted by Gasteiger charge is -2.18. The molecule has 3 N–H and O–H groups in total. The van der Waals surface area contributed by atoms with Gasteiger partial charge in [-0.25, -0.2) is 22.9 Å². The zero-order valence-electron chi connectivity index (χ0n) is 9.29. The van der Waals surface area contributed by atoms with Crippen LogP contribution in [0.1, 0.15) is 6.92 Å². The zero-order chi connectivity index (χ0) is 14.0. The molecule has 1 aromatic rings. The standard InChI is InChI=1S/C9H11ClN2O5S/c1-9(15,8(13)14)5-12-18(16,17)6-3-2-4-11-7(6)10/h2-4,12,15H,5H2,1H3,(H,13,14). The molecule has 0 aliphatic heterocycles. The van der Waals surface area contributed by atoms with Crippen LogP contribution in [0.4, 0.5) is 0 Å². The molecule has 0 aliphatic rings. The van der Waals surface area contributed by atoms with Gasteiger partial charge in [0.2, 0.25) is 10.0 Å². The maximum absolute atomic E-state index is 11.8. The lowest BCUT2D eigenvalue weighted by atomic mass is 10.1. The Bertz CT molecular complexity index is 558.